The Kier molecular flexibility index (Phi) is 5.08. The van der Waals surface area contributed by atoms with Crippen molar-refractivity contribution in [2.24, 2.45) is 11.5 Å². The highest BCUT2D eigenvalue weighted by Crippen LogP contribution is 2.32. The minimum absolute atomic E-state index is 0.117. The van der Waals surface area contributed by atoms with Gasteiger partial charge in [0.25, 0.3) is 0 Å². The van der Waals surface area contributed by atoms with Gasteiger partial charge < -0.3 is 16.6 Å². The first-order valence-corrected chi connectivity index (χ1v) is 5.89. The zero-order valence-corrected chi connectivity index (χ0v) is 10.2. The minimum Gasteiger partial charge on any atom is -0.506 e. The molecule has 0 bridgehead atoms. The van der Waals surface area contributed by atoms with Gasteiger partial charge in [-0.15, -0.1) is 0 Å². The topological polar surface area (TPSA) is 72.3 Å². The monoisotopic (exact) mass is 272 g/mol. The molecule has 0 aliphatic carbocycles. The SMILES string of the molecule is NCCCC[C@@H](N)c1cccc(Br)c1O. The maximum Gasteiger partial charge on any atom is 0.134 e. The maximum absolute atomic E-state index is 9.77. The molecule has 1 aromatic rings. The molecule has 1 aromatic carbocycles. The van der Waals surface area contributed by atoms with E-state index in [2.05, 4.69) is 15.9 Å². The molecule has 0 heterocycles. The van der Waals surface area contributed by atoms with E-state index >= 15 is 0 Å². The lowest BCUT2D eigenvalue weighted by atomic mass is 10.0. The fraction of sp³-hybridized carbons (Fsp3) is 0.455. The highest BCUT2D eigenvalue weighted by atomic mass is 79.9. The second kappa shape index (κ2) is 6.10. The molecule has 84 valence electrons. The van der Waals surface area contributed by atoms with Crippen molar-refractivity contribution < 1.29 is 5.11 Å². The summed E-state index contributed by atoms with van der Waals surface area (Å²) in [4.78, 5) is 0. The van der Waals surface area contributed by atoms with Crippen molar-refractivity contribution in [1.82, 2.24) is 0 Å². The van der Waals surface area contributed by atoms with E-state index in [1.54, 1.807) is 6.07 Å². The van der Waals surface area contributed by atoms with Gasteiger partial charge in [-0.2, -0.15) is 0 Å². The number of phenolic OH excluding ortho intramolecular Hbond substituents is 1. The van der Waals surface area contributed by atoms with Crippen LogP contribution >= 0.6 is 15.9 Å². The fourth-order valence-corrected chi connectivity index (χ4v) is 1.88. The molecule has 0 amide bonds. The third kappa shape index (κ3) is 3.48. The first-order chi connectivity index (χ1) is 7.16. The van der Waals surface area contributed by atoms with Crippen molar-refractivity contribution in [2.75, 3.05) is 6.54 Å². The van der Waals surface area contributed by atoms with Gasteiger partial charge in [-0.25, -0.2) is 0 Å². The van der Waals surface area contributed by atoms with Gasteiger partial charge in [0.05, 0.1) is 4.47 Å². The molecule has 0 aliphatic heterocycles. The van der Waals surface area contributed by atoms with Gasteiger partial charge in [-0.3, -0.25) is 0 Å². The predicted molar refractivity (Wildman–Crippen MR) is 65.6 cm³/mol. The van der Waals surface area contributed by atoms with E-state index < -0.39 is 0 Å². The molecule has 0 saturated carbocycles. The van der Waals surface area contributed by atoms with Crippen molar-refractivity contribution in [3.05, 3.63) is 28.2 Å². The molecule has 5 N–H and O–H groups in total. The molecule has 1 rings (SSSR count). The number of phenols is 1. The molecule has 0 spiro atoms. The van der Waals surface area contributed by atoms with Crippen LogP contribution in [0.5, 0.6) is 5.75 Å². The lowest BCUT2D eigenvalue weighted by Gasteiger charge is -2.14. The van der Waals surface area contributed by atoms with Crippen LogP contribution in [-0.2, 0) is 0 Å². The third-order valence-electron chi connectivity index (χ3n) is 2.39. The number of aromatic hydroxyl groups is 1. The maximum atomic E-state index is 9.77. The number of hydrogen-bond acceptors (Lipinski definition) is 3. The second-order valence-electron chi connectivity index (χ2n) is 3.57. The standard InChI is InChI=1S/C11H17BrN2O/c12-9-5-3-4-8(11(9)15)10(14)6-1-2-7-13/h3-5,10,15H,1-2,6-7,13-14H2/t10-/m1/s1. The van der Waals surface area contributed by atoms with Gasteiger partial charge in [-0.1, -0.05) is 18.6 Å². The van der Waals surface area contributed by atoms with Crippen LogP contribution in [0.3, 0.4) is 0 Å². The van der Waals surface area contributed by atoms with Gasteiger partial charge >= 0.3 is 0 Å². The van der Waals surface area contributed by atoms with Gasteiger partial charge in [-0.05, 0) is 41.4 Å². The molecule has 0 unspecified atom stereocenters. The Hall–Kier alpha value is -0.580. The van der Waals surface area contributed by atoms with Gasteiger partial charge in [0, 0.05) is 11.6 Å². The van der Waals surface area contributed by atoms with Crippen LogP contribution in [0, 0.1) is 0 Å². The summed E-state index contributed by atoms with van der Waals surface area (Å²) < 4.78 is 0.689. The first-order valence-electron chi connectivity index (χ1n) is 5.10. The van der Waals surface area contributed by atoms with Crippen molar-refractivity contribution in [2.45, 2.75) is 25.3 Å². The lowest BCUT2D eigenvalue weighted by Crippen LogP contribution is -2.11. The molecule has 0 saturated heterocycles. The number of rotatable bonds is 5. The Labute approximate surface area is 98.6 Å². The van der Waals surface area contributed by atoms with Crippen molar-refractivity contribution in [1.29, 1.82) is 0 Å². The molecular weight excluding hydrogens is 256 g/mol. The smallest absolute Gasteiger partial charge is 0.134 e. The largest absolute Gasteiger partial charge is 0.506 e. The van der Waals surface area contributed by atoms with Crippen LogP contribution in [0.1, 0.15) is 30.9 Å². The minimum atomic E-state index is -0.117. The number of benzene rings is 1. The summed E-state index contributed by atoms with van der Waals surface area (Å²) in [6.45, 7) is 0.692. The van der Waals surface area contributed by atoms with E-state index in [0.717, 1.165) is 24.8 Å². The highest BCUT2D eigenvalue weighted by Gasteiger charge is 2.11. The molecular formula is C11H17BrN2O. The summed E-state index contributed by atoms with van der Waals surface area (Å²) in [6, 6.07) is 5.41. The lowest BCUT2D eigenvalue weighted by molar-refractivity contribution is 0.453. The third-order valence-corrected chi connectivity index (χ3v) is 3.03. The Morgan fingerprint density at radius 1 is 1.33 bits per heavy atom. The van der Waals surface area contributed by atoms with Gasteiger partial charge in [0.15, 0.2) is 0 Å². The number of unbranched alkanes of at least 4 members (excludes halogenated alkanes) is 1. The zero-order valence-electron chi connectivity index (χ0n) is 8.62. The Morgan fingerprint density at radius 2 is 2.07 bits per heavy atom. The quantitative estimate of drug-likeness (QED) is 0.721. The van der Waals surface area contributed by atoms with Crippen LogP contribution in [0.2, 0.25) is 0 Å². The van der Waals surface area contributed by atoms with E-state index in [1.165, 1.54) is 0 Å². The van der Waals surface area contributed by atoms with Crippen molar-refractivity contribution >= 4 is 15.9 Å². The Morgan fingerprint density at radius 3 is 2.73 bits per heavy atom. The number of para-hydroxylation sites is 1. The van der Waals surface area contributed by atoms with E-state index in [4.69, 9.17) is 11.5 Å². The summed E-state index contributed by atoms with van der Waals surface area (Å²) >= 11 is 3.27. The van der Waals surface area contributed by atoms with Crippen molar-refractivity contribution in [3.8, 4) is 5.75 Å². The van der Waals surface area contributed by atoms with Gasteiger partial charge in [0.2, 0.25) is 0 Å². The molecule has 3 nitrogen and oxygen atoms in total. The summed E-state index contributed by atoms with van der Waals surface area (Å²) in [5, 5.41) is 9.77. The second-order valence-corrected chi connectivity index (χ2v) is 4.42. The summed E-state index contributed by atoms with van der Waals surface area (Å²) in [6.07, 6.45) is 2.81. The van der Waals surface area contributed by atoms with Crippen LogP contribution in [0.4, 0.5) is 0 Å². The summed E-state index contributed by atoms with van der Waals surface area (Å²) in [7, 11) is 0. The Bertz CT molecular complexity index is 317. The molecule has 15 heavy (non-hydrogen) atoms. The normalized spacial score (nSPS) is 12.7. The molecule has 0 aromatic heterocycles. The predicted octanol–water partition coefficient (Wildman–Crippen LogP) is 2.28. The average molecular weight is 273 g/mol. The van der Waals surface area contributed by atoms with Crippen LogP contribution in [0.15, 0.2) is 22.7 Å². The van der Waals surface area contributed by atoms with Crippen LogP contribution < -0.4 is 11.5 Å². The van der Waals surface area contributed by atoms with E-state index in [-0.39, 0.29) is 11.8 Å². The molecule has 0 radical (unpaired) electrons. The van der Waals surface area contributed by atoms with Gasteiger partial charge in [0.1, 0.15) is 5.75 Å². The summed E-state index contributed by atoms with van der Waals surface area (Å²) in [5.41, 5.74) is 12.2. The number of hydrogen-bond donors (Lipinski definition) is 3. The van der Waals surface area contributed by atoms with Crippen LogP contribution in [-0.4, -0.2) is 11.7 Å². The molecule has 4 heteroatoms. The van der Waals surface area contributed by atoms with E-state index in [1.807, 2.05) is 12.1 Å². The van der Waals surface area contributed by atoms with Crippen molar-refractivity contribution in [3.63, 3.8) is 0 Å². The Balaban J connectivity index is 2.65. The highest BCUT2D eigenvalue weighted by molar-refractivity contribution is 9.10. The van der Waals surface area contributed by atoms with E-state index in [9.17, 15) is 5.11 Å². The number of halogens is 1. The molecule has 0 fully saturated rings. The van der Waals surface area contributed by atoms with Crippen LogP contribution in [0.25, 0.3) is 0 Å². The first kappa shape index (κ1) is 12.5. The summed E-state index contributed by atoms with van der Waals surface area (Å²) in [5.74, 6) is 0.248. The molecule has 0 aliphatic rings. The zero-order chi connectivity index (χ0) is 11.3. The number of nitrogens with two attached hydrogens (primary N) is 2. The average Bonchev–Trinajstić information content (AvgIpc) is 2.22. The molecule has 1 atom stereocenters. The fourth-order valence-electron chi connectivity index (χ4n) is 1.50. The van der Waals surface area contributed by atoms with E-state index in [0.29, 0.717) is 11.0 Å².